The number of amides is 1. The van der Waals surface area contributed by atoms with Gasteiger partial charge in [0.25, 0.3) is 5.69 Å². The second-order valence-electron chi connectivity index (χ2n) is 5.78. The number of ether oxygens (including phenoxy) is 1. The van der Waals surface area contributed by atoms with Crippen molar-refractivity contribution in [1.29, 1.82) is 0 Å². The van der Waals surface area contributed by atoms with Gasteiger partial charge in [0, 0.05) is 36.7 Å². The second kappa shape index (κ2) is 7.17. The van der Waals surface area contributed by atoms with Crippen LogP contribution in [0.15, 0.2) is 18.2 Å². The van der Waals surface area contributed by atoms with Crippen molar-refractivity contribution >= 4 is 11.8 Å². The number of benzene rings is 1. The second-order valence-corrected chi connectivity index (χ2v) is 5.78. The van der Waals surface area contributed by atoms with Gasteiger partial charge in [0.2, 0.25) is 0 Å². The van der Waals surface area contributed by atoms with E-state index in [0.717, 1.165) is 18.2 Å². The molecule has 0 heterocycles. The molecule has 0 fully saturated rings. The average molecular weight is 313 g/mol. The van der Waals surface area contributed by atoms with E-state index in [2.05, 4.69) is 5.32 Å². The summed E-state index contributed by atoms with van der Waals surface area (Å²) in [5.41, 5.74) is 4.79. The molecule has 0 radical (unpaired) electrons. The standard InChI is InChI=1S/C14H20FN3O4/c1-14(2,3)22-13(19)17-8-9(7-16)11-6-10(18(20)21)4-5-12(11)15/h4-6,9H,7-8,16H2,1-3H3,(H,17,19). The van der Waals surface area contributed by atoms with Crippen molar-refractivity contribution < 1.29 is 18.8 Å². The first-order chi connectivity index (χ1) is 10.1. The number of alkyl carbamates (subject to hydrolysis) is 1. The summed E-state index contributed by atoms with van der Waals surface area (Å²) in [6.45, 7) is 5.19. The number of nitrogens with zero attached hydrogens (tertiary/aromatic N) is 1. The van der Waals surface area contributed by atoms with Crippen LogP contribution in [0, 0.1) is 15.9 Å². The van der Waals surface area contributed by atoms with Crippen molar-refractivity contribution in [3.8, 4) is 0 Å². The molecule has 0 aliphatic heterocycles. The molecule has 1 aromatic carbocycles. The van der Waals surface area contributed by atoms with E-state index in [-0.39, 0.29) is 24.3 Å². The lowest BCUT2D eigenvalue weighted by molar-refractivity contribution is -0.385. The Balaban J connectivity index is 2.82. The number of non-ortho nitro benzene ring substituents is 1. The van der Waals surface area contributed by atoms with Gasteiger partial charge in [0.15, 0.2) is 0 Å². The fourth-order valence-corrected chi connectivity index (χ4v) is 1.80. The van der Waals surface area contributed by atoms with Gasteiger partial charge in [0.05, 0.1) is 4.92 Å². The monoisotopic (exact) mass is 313 g/mol. The SMILES string of the molecule is CC(C)(C)OC(=O)NCC(CN)c1cc([N+](=O)[O-])ccc1F. The minimum atomic E-state index is -0.656. The van der Waals surface area contributed by atoms with Crippen molar-refractivity contribution in [2.24, 2.45) is 5.73 Å². The van der Waals surface area contributed by atoms with E-state index in [4.69, 9.17) is 10.5 Å². The molecule has 0 spiro atoms. The predicted octanol–water partition coefficient (Wildman–Crippen LogP) is 2.30. The summed E-state index contributed by atoms with van der Waals surface area (Å²) in [4.78, 5) is 21.7. The molecule has 0 bridgehead atoms. The molecule has 8 heteroatoms. The molecule has 1 rings (SSSR count). The van der Waals surface area contributed by atoms with Gasteiger partial charge in [-0.25, -0.2) is 9.18 Å². The fraction of sp³-hybridized carbons (Fsp3) is 0.500. The summed E-state index contributed by atoms with van der Waals surface area (Å²) in [5, 5.41) is 13.2. The largest absolute Gasteiger partial charge is 0.444 e. The van der Waals surface area contributed by atoms with Crippen molar-refractivity contribution in [1.82, 2.24) is 5.32 Å². The molecule has 0 saturated heterocycles. The van der Waals surface area contributed by atoms with Crippen LogP contribution in [0.3, 0.4) is 0 Å². The zero-order valence-corrected chi connectivity index (χ0v) is 12.8. The maximum Gasteiger partial charge on any atom is 0.407 e. The molecule has 0 aliphatic rings. The van der Waals surface area contributed by atoms with E-state index >= 15 is 0 Å². The highest BCUT2D eigenvalue weighted by Gasteiger charge is 2.21. The number of hydrogen-bond donors (Lipinski definition) is 2. The number of rotatable bonds is 5. The van der Waals surface area contributed by atoms with Crippen LogP contribution >= 0.6 is 0 Å². The minimum absolute atomic E-state index is 0.0174. The summed E-state index contributed by atoms with van der Waals surface area (Å²) in [7, 11) is 0. The van der Waals surface area contributed by atoms with E-state index in [9.17, 15) is 19.3 Å². The molecule has 7 nitrogen and oxygen atoms in total. The highest BCUT2D eigenvalue weighted by atomic mass is 19.1. The van der Waals surface area contributed by atoms with Gasteiger partial charge in [-0.3, -0.25) is 10.1 Å². The highest BCUT2D eigenvalue weighted by molar-refractivity contribution is 5.67. The number of hydrogen-bond acceptors (Lipinski definition) is 5. The third-order valence-corrected chi connectivity index (χ3v) is 2.81. The first-order valence-electron chi connectivity index (χ1n) is 6.75. The van der Waals surface area contributed by atoms with E-state index in [1.807, 2.05) is 0 Å². The third-order valence-electron chi connectivity index (χ3n) is 2.81. The van der Waals surface area contributed by atoms with E-state index < -0.39 is 28.4 Å². The number of nitrogens with one attached hydrogen (secondary N) is 1. The Hall–Kier alpha value is -2.22. The van der Waals surface area contributed by atoms with Gasteiger partial charge < -0.3 is 15.8 Å². The number of nitrogens with two attached hydrogens (primary N) is 1. The Morgan fingerprint density at radius 1 is 1.50 bits per heavy atom. The highest BCUT2D eigenvalue weighted by Crippen LogP contribution is 2.23. The molecule has 0 aliphatic carbocycles. The zero-order valence-electron chi connectivity index (χ0n) is 12.8. The molecular weight excluding hydrogens is 293 g/mol. The summed E-state index contributed by atoms with van der Waals surface area (Å²) in [6, 6.07) is 3.22. The average Bonchev–Trinajstić information content (AvgIpc) is 2.38. The van der Waals surface area contributed by atoms with Crippen LogP contribution in [-0.2, 0) is 4.74 Å². The third kappa shape index (κ3) is 5.28. The van der Waals surface area contributed by atoms with Gasteiger partial charge in [-0.05, 0) is 26.8 Å². The van der Waals surface area contributed by atoms with Gasteiger partial charge >= 0.3 is 6.09 Å². The number of nitro groups is 1. The minimum Gasteiger partial charge on any atom is -0.444 e. The maximum atomic E-state index is 13.8. The Morgan fingerprint density at radius 2 is 2.14 bits per heavy atom. The quantitative estimate of drug-likeness (QED) is 0.640. The summed E-state index contributed by atoms with van der Waals surface area (Å²) < 4.78 is 18.9. The van der Waals surface area contributed by atoms with Gasteiger partial charge in [0.1, 0.15) is 11.4 Å². The number of carbonyl (C=O) groups is 1. The predicted molar refractivity (Wildman–Crippen MR) is 79.1 cm³/mol. The number of nitro benzene ring substituents is 1. The Morgan fingerprint density at radius 3 is 2.64 bits per heavy atom. The first-order valence-corrected chi connectivity index (χ1v) is 6.75. The summed E-state index contributed by atoms with van der Waals surface area (Å²) >= 11 is 0. The lowest BCUT2D eigenvalue weighted by Gasteiger charge is -2.21. The molecule has 1 atom stereocenters. The lowest BCUT2D eigenvalue weighted by Crippen LogP contribution is -2.36. The maximum absolute atomic E-state index is 13.8. The zero-order chi connectivity index (χ0) is 16.9. The van der Waals surface area contributed by atoms with Crippen LogP contribution < -0.4 is 11.1 Å². The van der Waals surface area contributed by atoms with Crippen LogP contribution in [0.25, 0.3) is 0 Å². The molecular formula is C14H20FN3O4. The van der Waals surface area contributed by atoms with Crippen LogP contribution in [0.5, 0.6) is 0 Å². The van der Waals surface area contributed by atoms with E-state index in [0.29, 0.717) is 0 Å². The number of halogens is 1. The van der Waals surface area contributed by atoms with E-state index in [1.54, 1.807) is 20.8 Å². The fourth-order valence-electron chi connectivity index (χ4n) is 1.80. The Kier molecular flexibility index (Phi) is 5.81. The topological polar surface area (TPSA) is 107 Å². The Labute approximate surface area is 127 Å². The van der Waals surface area contributed by atoms with Crippen LogP contribution in [-0.4, -0.2) is 29.7 Å². The molecule has 22 heavy (non-hydrogen) atoms. The first kappa shape index (κ1) is 17.8. The van der Waals surface area contributed by atoms with Gasteiger partial charge in [-0.1, -0.05) is 0 Å². The summed E-state index contributed by atoms with van der Waals surface area (Å²) in [6.07, 6.45) is -0.656. The smallest absolute Gasteiger partial charge is 0.407 e. The van der Waals surface area contributed by atoms with Crippen molar-refractivity contribution in [2.45, 2.75) is 32.3 Å². The van der Waals surface area contributed by atoms with Crippen molar-refractivity contribution in [3.05, 3.63) is 39.7 Å². The van der Waals surface area contributed by atoms with Gasteiger partial charge in [-0.15, -0.1) is 0 Å². The Bertz CT molecular complexity index is 558. The molecule has 0 saturated carbocycles. The molecule has 1 unspecified atom stereocenters. The molecule has 1 aromatic rings. The molecule has 0 aromatic heterocycles. The van der Waals surface area contributed by atoms with Crippen LogP contribution in [0.4, 0.5) is 14.9 Å². The van der Waals surface area contributed by atoms with Crippen molar-refractivity contribution in [3.63, 3.8) is 0 Å². The normalized spacial score (nSPS) is 12.6. The molecule has 1 amide bonds. The van der Waals surface area contributed by atoms with Crippen molar-refractivity contribution in [2.75, 3.05) is 13.1 Å². The summed E-state index contributed by atoms with van der Waals surface area (Å²) in [5.74, 6) is -1.19. The van der Waals surface area contributed by atoms with Crippen LogP contribution in [0.2, 0.25) is 0 Å². The molecule has 3 N–H and O–H groups in total. The lowest BCUT2D eigenvalue weighted by atomic mass is 9.98. The number of carbonyl (C=O) groups excluding carboxylic acids is 1. The molecule has 122 valence electrons. The van der Waals surface area contributed by atoms with Crippen LogP contribution in [0.1, 0.15) is 32.3 Å². The van der Waals surface area contributed by atoms with Gasteiger partial charge in [-0.2, -0.15) is 0 Å². The van der Waals surface area contributed by atoms with E-state index in [1.165, 1.54) is 0 Å².